The number of Topliss-reactive ketones (excluding diaryl/α,β-unsaturated/α-hetero) is 1. The molecule has 0 aliphatic carbocycles. The van der Waals surface area contributed by atoms with Gasteiger partial charge in [0.25, 0.3) is 0 Å². The largest absolute Gasteiger partial charge is 0.381 e. The van der Waals surface area contributed by atoms with Crippen molar-refractivity contribution in [1.82, 2.24) is 4.98 Å². The Balaban J connectivity index is 1.72. The zero-order valence-electron chi connectivity index (χ0n) is 11.2. The van der Waals surface area contributed by atoms with E-state index in [9.17, 15) is 4.79 Å². The molecule has 1 aromatic rings. The van der Waals surface area contributed by atoms with Gasteiger partial charge < -0.3 is 9.47 Å². The lowest BCUT2D eigenvalue weighted by Crippen LogP contribution is -2.45. The van der Waals surface area contributed by atoms with E-state index >= 15 is 0 Å². The number of thiazole rings is 1. The summed E-state index contributed by atoms with van der Waals surface area (Å²) in [4.78, 5) is 16.8. The molecular formula is C14H19NO3S. The van der Waals surface area contributed by atoms with Gasteiger partial charge in [0.2, 0.25) is 0 Å². The van der Waals surface area contributed by atoms with E-state index in [2.05, 4.69) is 4.98 Å². The molecular weight excluding hydrogens is 262 g/mol. The number of hydrogen-bond donors (Lipinski definition) is 0. The van der Waals surface area contributed by atoms with Crippen LogP contribution in [0.15, 0.2) is 5.38 Å². The molecule has 3 rings (SSSR count). The molecule has 1 aromatic heterocycles. The third-order valence-electron chi connectivity index (χ3n) is 4.14. The zero-order chi connectivity index (χ0) is 13.3. The Morgan fingerprint density at radius 1 is 1.42 bits per heavy atom. The maximum absolute atomic E-state index is 12.5. The standard InChI is InChI=1S/C14H19NO3S/c1-10-15-12(9-19-10)13(16)11-2-5-18-14(8-11)3-6-17-7-4-14/h9,11H,2-8H2,1H3. The summed E-state index contributed by atoms with van der Waals surface area (Å²) in [5.74, 6) is 0.256. The molecule has 1 unspecified atom stereocenters. The first kappa shape index (κ1) is 13.2. The van der Waals surface area contributed by atoms with Crippen molar-refractivity contribution in [2.75, 3.05) is 19.8 Å². The molecule has 19 heavy (non-hydrogen) atoms. The molecule has 0 radical (unpaired) electrons. The van der Waals surface area contributed by atoms with Crippen LogP contribution in [-0.4, -0.2) is 36.2 Å². The molecule has 4 nitrogen and oxygen atoms in total. The summed E-state index contributed by atoms with van der Waals surface area (Å²) in [5.41, 5.74) is 0.513. The monoisotopic (exact) mass is 281 g/mol. The van der Waals surface area contributed by atoms with Crippen LogP contribution in [0, 0.1) is 12.8 Å². The highest BCUT2D eigenvalue weighted by Gasteiger charge is 2.41. The third-order valence-corrected chi connectivity index (χ3v) is 4.91. The molecule has 5 heteroatoms. The maximum Gasteiger partial charge on any atom is 0.185 e. The van der Waals surface area contributed by atoms with Gasteiger partial charge >= 0.3 is 0 Å². The molecule has 2 saturated heterocycles. The molecule has 0 aromatic carbocycles. The van der Waals surface area contributed by atoms with Gasteiger partial charge in [-0.3, -0.25) is 4.79 Å². The number of ether oxygens (including phenoxy) is 2. The van der Waals surface area contributed by atoms with Crippen molar-refractivity contribution in [1.29, 1.82) is 0 Å². The molecule has 0 saturated carbocycles. The highest BCUT2D eigenvalue weighted by Crippen LogP contribution is 2.38. The number of aryl methyl sites for hydroxylation is 1. The van der Waals surface area contributed by atoms with Gasteiger partial charge in [-0.1, -0.05) is 0 Å². The molecule has 0 N–H and O–H groups in total. The first-order chi connectivity index (χ1) is 9.19. The summed E-state index contributed by atoms with van der Waals surface area (Å²) >= 11 is 1.54. The van der Waals surface area contributed by atoms with E-state index in [-0.39, 0.29) is 17.3 Å². The Hall–Kier alpha value is -0.780. The molecule has 3 heterocycles. The first-order valence-corrected chi connectivity index (χ1v) is 7.75. The van der Waals surface area contributed by atoms with Crippen LogP contribution in [-0.2, 0) is 9.47 Å². The summed E-state index contributed by atoms with van der Waals surface area (Å²) in [5, 5.41) is 2.83. The van der Waals surface area contributed by atoms with Crippen molar-refractivity contribution in [3.8, 4) is 0 Å². The average molecular weight is 281 g/mol. The third kappa shape index (κ3) is 2.73. The van der Waals surface area contributed by atoms with Crippen molar-refractivity contribution >= 4 is 17.1 Å². The maximum atomic E-state index is 12.5. The van der Waals surface area contributed by atoms with E-state index in [0.29, 0.717) is 12.3 Å². The Labute approximate surface area is 117 Å². The minimum Gasteiger partial charge on any atom is -0.381 e. The second kappa shape index (κ2) is 5.31. The van der Waals surface area contributed by atoms with Crippen LogP contribution in [0.3, 0.4) is 0 Å². The highest BCUT2D eigenvalue weighted by atomic mass is 32.1. The average Bonchev–Trinajstić information content (AvgIpc) is 2.85. The lowest BCUT2D eigenvalue weighted by Gasteiger charge is -2.42. The fourth-order valence-electron chi connectivity index (χ4n) is 3.03. The predicted molar refractivity (Wildman–Crippen MR) is 72.6 cm³/mol. The van der Waals surface area contributed by atoms with Crippen LogP contribution in [0.25, 0.3) is 0 Å². The van der Waals surface area contributed by atoms with Crippen molar-refractivity contribution in [2.24, 2.45) is 5.92 Å². The number of hydrogen-bond acceptors (Lipinski definition) is 5. The Kier molecular flexibility index (Phi) is 3.69. The van der Waals surface area contributed by atoms with E-state index in [0.717, 1.165) is 43.9 Å². The Morgan fingerprint density at radius 3 is 2.89 bits per heavy atom. The summed E-state index contributed by atoms with van der Waals surface area (Å²) in [6.07, 6.45) is 3.46. The van der Waals surface area contributed by atoms with Gasteiger partial charge in [-0.05, 0) is 32.6 Å². The fraction of sp³-hybridized carbons (Fsp3) is 0.714. The van der Waals surface area contributed by atoms with Crippen LogP contribution in [0.4, 0.5) is 0 Å². The van der Waals surface area contributed by atoms with Gasteiger partial charge in [-0.25, -0.2) is 4.98 Å². The summed E-state index contributed by atoms with van der Waals surface area (Å²) in [6.45, 7) is 4.11. The number of ketones is 1. The molecule has 2 aliphatic rings. The molecule has 0 bridgehead atoms. The lowest BCUT2D eigenvalue weighted by molar-refractivity contribution is -0.142. The van der Waals surface area contributed by atoms with E-state index in [1.54, 1.807) is 11.3 Å². The number of nitrogens with zero attached hydrogens (tertiary/aromatic N) is 1. The zero-order valence-corrected chi connectivity index (χ0v) is 12.0. The van der Waals surface area contributed by atoms with Crippen molar-refractivity contribution < 1.29 is 14.3 Å². The van der Waals surface area contributed by atoms with E-state index in [1.807, 2.05) is 12.3 Å². The van der Waals surface area contributed by atoms with Gasteiger partial charge in [0.1, 0.15) is 5.69 Å². The Bertz CT molecular complexity index is 460. The number of carbonyl (C=O) groups excluding carboxylic acids is 1. The van der Waals surface area contributed by atoms with Gasteiger partial charge in [0.15, 0.2) is 5.78 Å². The molecule has 0 amide bonds. The fourth-order valence-corrected chi connectivity index (χ4v) is 3.63. The molecule has 1 spiro atoms. The Morgan fingerprint density at radius 2 is 2.21 bits per heavy atom. The van der Waals surface area contributed by atoms with Crippen LogP contribution in [0.2, 0.25) is 0 Å². The first-order valence-electron chi connectivity index (χ1n) is 6.87. The van der Waals surface area contributed by atoms with E-state index in [4.69, 9.17) is 9.47 Å². The van der Waals surface area contributed by atoms with Crippen LogP contribution < -0.4 is 0 Å². The number of carbonyl (C=O) groups is 1. The molecule has 2 fully saturated rings. The second-order valence-corrected chi connectivity index (χ2v) is 6.51. The summed E-state index contributed by atoms with van der Waals surface area (Å²) in [7, 11) is 0. The highest BCUT2D eigenvalue weighted by molar-refractivity contribution is 7.09. The SMILES string of the molecule is Cc1nc(C(=O)C2CCOC3(CCOCC3)C2)cs1. The minimum atomic E-state index is -0.123. The van der Waals surface area contributed by atoms with E-state index in [1.165, 1.54) is 0 Å². The lowest BCUT2D eigenvalue weighted by atomic mass is 9.78. The second-order valence-electron chi connectivity index (χ2n) is 5.45. The van der Waals surface area contributed by atoms with Gasteiger partial charge in [0.05, 0.1) is 10.6 Å². The van der Waals surface area contributed by atoms with Crippen LogP contribution >= 0.6 is 11.3 Å². The molecule has 104 valence electrons. The summed E-state index contributed by atoms with van der Waals surface area (Å²) in [6, 6.07) is 0. The quantitative estimate of drug-likeness (QED) is 0.782. The number of rotatable bonds is 2. The minimum absolute atomic E-state index is 0.0633. The molecule has 2 aliphatic heterocycles. The van der Waals surface area contributed by atoms with Gasteiger partial charge in [0, 0.05) is 31.1 Å². The predicted octanol–water partition coefficient (Wildman–Crippen LogP) is 2.61. The van der Waals surface area contributed by atoms with Crippen molar-refractivity contribution in [3.63, 3.8) is 0 Å². The van der Waals surface area contributed by atoms with E-state index < -0.39 is 0 Å². The normalized spacial score (nSPS) is 26.5. The smallest absolute Gasteiger partial charge is 0.185 e. The van der Waals surface area contributed by atoms with Crippen molar-refractivity contribution in [3.05, 3.63) is 16.1 Å². The van der Waals surface area contributed by atoms with Crippen molar-refractivity contribution in [2.45, 2.75) is 38.2 Å². The number of aromatic nitrogens is 1. The molecule has 1 atom stereocenters. The topological polar surface area (TPSA) is 48.4 Å². The van der Waals surface area contributed by atoms with Gasteiger partial charge in [-0.2, -0.15) is 0 Å². The van der Waals surface area contributed by atoms with Crippen LogP contribution in [0.5, 0.6) is 0 Å². The van der Waals surface area contributed by atoms with Gasteiger partial charge in [-0.15, -0.1) is 11.3 Å². The van der Waals surface area contributed by atoms with Crippen LogP contribution in [0.1, 0.15) is 41.2 Å². The summed E-state index contributed by atoms with van der Waals surface area (Å²) < 4.78 is 11.4.